The highest BCUT2D eigenvalue weighted by atomic mass is 19.1. The van der Waals surface area contributed by atoms with E-state index < -0.39 is 23.1 Å². The summed E-state index contributed by atoms with van der Waals surface area (Å²) < 4.78 is 28.0. The van der Waals surface area contributed by atoms with Gasteiger partial charge in [-0.3, -0.25) is 4.90 Å². The predicted molar refractivity (Wildman–Crippen MR) is 75.2 cm³/mol. The lowest BCUT2D eigenvalue weighted by molar-refractivity contribution is -0.152. The summed E-state index contributed by atoms with van der Waals surface area (Å²) in [5, 5.41) is 9.64. The summed E-state index contributed by atoms with van der Waals surface area (Å²) in [6, 6.07) is 2.07. The third-order valence-corrected chi connectivity index (χ3v) is 4.32. The van der Waals surface area contributed by atoms with Crippen LogP contribution in [0.1, 0.15) is 18.1 Å². The van der Waals surface area contributed by atoms with Crippen LogP contribution in [-0.4, -0.2) is 54.1 Å². The van der Waals surface area contributed by atoms with E-state index in [9.17, 15) is 18.7 Å². The maximum atomic E-state index is 14.3. The normalized spacial score (nSPS) is 20.2. The molecule has 1 aromatic rings. The minimum Gasteiger partial charge on any atom is -0.480 e. The lowest BCUT2D eigenvalue weighted by Crippen LogP contribution is -2.57. The van der Waals surface area contributed by atoms with Crippen molar-refractivity contribution < 1.29 is 18.7 Å². The molecule has 0 amide bonds. The average Bonchev–Trinajstić information content (AvgIpc) is 2.42. The smallest absolute Gasteiger partial charge is 0.328 e. The van der Waals surface area contributed by atoms with Crippen LogP contribution in [0.5, 0.6) is 0 Å². The van der Waals surface area contributed by atoms with Crippen molar-refractivity contribution in [3.8, 4) is 0 Å². The van der Waals surface area contributed by atoms with Gasteiger partial charge in [0.25, 0.3) is 0 Å². The number of hydrogen-bond donors (Lipinski definition) is 1. The second-order valence-corrected chi connectivity index (χ2v) is 5.75. The number of carboxylic acids is 1. The molecule has 1 atom stereocenters. The number of aliphatic carboxylic acids is 1. The Bertz CT molecular complexity index is 557. The summed E-state index contributed by atoms with van der Waals surface area (Å²) in [6.07, 6.45) is 0. The lowest BCUT2D eigenvalue weighted by Gasteiger charge is -2.42. The van der Waals surface area contributed by atoms with Crippen LogP contribution in [0.4, 0.5) is 8.78 Å². The van der Waals surface area contributed by atoms with Gasteiger partial charge < -0.3 is 10.0 Å². The van der Waals surface area contributed by atoms with Crippen molar-refractivity contribution in [1.82, 2.24) is 9.80 Å². The van der Waals surface area contributed by atoms with Crippen molar-refractivity contribution in [3.05, 3.63) is 34.9 Å². The van der Waals surface area contributed by atoms with Gasteiger partial charge in [0.2, 0.25) is 0 Å². The zero-order chi connectivity index (χ0) is 15.8. The average molecular weight is 298 g/mol. The number of nitrogens with zero attached hydrogens (tertiary/aromatic N) is 2. The standard InChI is InChI=1S/C15H20F2N2O2/c1-10-8-13(17)11(9-12(10)16)15(2,14(20)21)19-6-4-18(3)5-7-19/h8-9H,4-7H2,1-3H3,(H,20,21). The molecule has 1 aliphatic heterocycles. The SMILES string of the molecule is Cc1cc(F)c(C(C)(C(=O)O)N2CCN(C)CC2)cc1F. The Morgan fingerprint density at radius 1 is 1.19 bits per heavy atom. The molecule has 1 unspecified atom stereocenters. The number of hydrogen-bond acceptors (Lipinski definition) is 3. The number of rotatable bonds is 3. The monoisotopic (exact) mass is 298 g/mol. The Balaban J connectivity index is 2.48. The van der Waals surface area contributed by atoms with E-state index in [4.69, 9.17) is 0 Å². The molecule has 1 fully saturated rings. The van der Waals surface area contributed by atoms with Crippen LogP contribution in [0, 0.1) is 18.6 Å². The highest BCUT2D eigenvalue weighted by Gasteiger charge is 2.44. The topological polar surface area (TPSA) is 43.8 Å². The molecule has 0 aromatic heterocycles. The molecule has 21 heavy (non-hydrogen) atoms. The maximum Gasteiger partial charge on any atom is 0.328 e. The van der Waals surface area contributed by atoms with Crippen molar-refractivity contribution in [2.75, 3.05) is 33.2 Å². The van der Waals surface area contributed by atoms with E-state index in [1.807, 2.05) is 7.05 Å². The third-order valence-electron chi connectivity index (χ3n) is 4.32. The lowest BCUT2D eigenvalue weighted by atomic mass is 9.88. The second kappa shape index (κ2) is 5.69. The molecule has 4 nitrogen and oxygen atoms in total. The first-order valence-corrected chi connectivity index (χ1v) is 6.90. The van der Waals surface area contributed by atoms with Crippen molar-refractivity contribution in [3.63, 3.8) is 0 Å². The molecule has 116 valence electrons. The zero-order valence-corrected chi connectivity index (χ0v) is 12.5. The number of piperazine rings is 1. The van der Waals surface area contributed by atoms with E-state index in [2.05, 4.69) is 4.90 Å². The first-order valence-electron chi connectivity index (χ1n) is 6.90. The zero-order valence-electron chi connectivity index (χ0n) is 12.5. The highest BCUT2D eigenvalue weighted by Crippen LogP contribution is 2.33. The van der Waals surface area contributed by atoms with Crippen LogP contribution in [0.2, 0.25) is 0 Å². The number of carbonyl (C=O) groups is 1. The van der Waals surface area contributed by atoms with Gasteiger partial charge in [0.15, 0.2) is 0 Å². The van der Waals surface area contributed by atoms with Crippen LogP contribution in [-0.2, 0) is 10.3 Å². The number of aryl methyl sites for hydroxylation is 1. The van der Waals surface area contributed by atoms with Gasteiger partial charge in [-0.25, -0.2) is 13.6 Å². The van der Waals surface area contributed by atoms with Gasteiger partial charge in [-0.2, -0.15) is 0 Å². The van der Waals surface area contributed by atoms with Crippen molar-refractivity contribution in [2.45, 2.75) is 19.4 Å². The second-order valence-electron chi connectivity index (χ2n) is 5.75. The summed E-state index contributed by atoms with van der Waals surface area (Å²) in [7, 11) is 1.95. The van der Waals surface area contributed by atoms with E-state index in [1.165, 1.54) is 13.8 Å². The molecule has 6 heteroatoms. The van der Waals surface area contributed by atoms with E-state index in [0.717, 1.165) is 12.1 Å². The van der Waals surface area contributed by atoms with Gasteiger partial charge in [-0.05, 0) is 38.6 Å². The minimum absolute atomic E-state index is 0.123. The van der Waals surface area contributed by atoms with Gasteiger partial charge in [0.05, 0.1) is 0 Å². The molecule has 1 aliphatic rings. The molecule has 2 rings (SSSR count). The quantitative estimate of drug-likeness (QED) is 0.924. The Hall–Kier alpha value is -1.53. The van der Waals surface area contributed by atoms with Crippen molar-refractivity contribution >= 4 is 5.97 Å². The van der Waals surface area contributed by atoms with Crippen molar-refractivity contribution in [1.29, 1.82) is 0 Å². The maximum absolute atomic E-state index is 14.3. The Kier molecular flexibility index (Phi) is 4.30. The molecular weight excluding hydrogens is 278 g/mol. The first-order chi connectivity index (χ1) is 9.76. The first kappa shape index (κ1) is 15.9. The molecule has 0 aliphatic carbocycles. The summed E-state index contributed by atoms with van der Waals surface area (Å²) in [6.45, 7) is 5.27. The van der Waals surface area contributed by atoms with Gasteiger partial charge in [-0.1, -0.05) is 0 Å². The molecule has 0 radical (unpaired) electrons. The van der Waals surface area contributed by atoms with E-state index in [1.54, 1.807) is 4.90 Å². The van der Waals surface area contributed by atoms with E-state index in [-0.39, 0.29) is 11.1 Å². The van der Waals surface area contributed by atoms with Crippen LogP contribution in [0.25, 0.3) is 0 Å². The summed E-state index contributed by atoms with van der Waals surface area (Å²) >= 11 is 0. The van der Waals surface area contributed by atoms with Gasteiger partial charge in [0.1, 0.15) is 17.2 Å². The number of halogens is 2. The Morgan fingerprint density at radius 2 is 1.76 bits per heavy atom. The Labute approximate surface area is 123 Å². The van der Waals surface area contributed by atoms with E-state index >= 15 is 0 Å². The predicted octanol–water partition coefficient (Wildman–Crippen LogP) is 1.82. The van der Waals surface area contributed by atoms with Crippen LogP contribution < -0.4 is 0 Å². The van der Waals surface area contributed by atoms with Crippen LogP contribution in [0.3, 0.4) is 0 Å². The summed E-state index contributed by atoms with van der Waals surface area (Å²) in [5.74, 6) is -2.44. The highest BCUT2D eigenvalue weighted by molar-refractivity contribution is 5.80. The number of likely N-dealkylation sites (N-methyl/N-ethyl adjacent to an activating group) is 1. The molecule has 1 N–H and O–H groups in total. The summed E-state index contributed by atoms with van der Waals surface area (Å²) in [5.41, 5.74) is -1.52. The van der Waals surface area contributed by atoms with Gasteiger partial charge in [-0.15, -0.1) is 0 Å². The van der Waals surface area contributed by atoms with Gasteiger partial charge in [0, 0.05) is 31.7 Å². The van der Waals surface area contributed by atoms with Crippen molar-refractivity contribution in [2.24, 2.45) is 0 Å². The fourth-order valence-corrected chi connectivity index (χ4v) is 2.69. The number of benzene rings is 1. The minimum atomic E-state index is -1.57. The molecule has 0 saturated carbocycles. The largest absolute Gasteiger partial charge is 0.480 e. The molecule has 0 spiro atoms. The van der Waals surface area contributed by atoms with Gasteiger partial charge >= 0.3 is 5.97 Å². The Morgan fingerprint density at radius 3 is 2.29 bits per heavy atom. The third kappa shape index (κ3) is 2.78. The summed E-state index contributed by atoms with van der Waals surface area (Å²) in [4.78, 5) is 15.6. The molecule has 1 heterocycles. The van der Waals surface area contributed by atoms with E-state index in [0.29, 0.717) is 26.2 Å². The molecule has 1 saturated heterocycles. The van der Waals surface area contributed by atoms with Crippen LogP contribution >= 0.6 is 0 Å². The molecular formula is C15H20F2N2O2. The van der Waals surface area contributed by atoms with Crippen LogP contribution in [0.15, 0.2) is 12.1 Å². The molecule has 1 aromatic carbocycles. The number of carboxylic acid groups (broad SMARTS) is 1. The fraction of sp³-hybridized carbons (Fsp3) is 0.533. The molecule has 0 bridgehead atoms. The fourth-order valence-electron chi connectivity index (χ4n) is 2.69.